The summed E-state index contributed by atoms with van der Waals surface area (Å²) in [6.45, 7) is 0.367. The fourth-order valence-electron chi connectivity index (χ4n) is 3.78. The minimum atomic E-state index is -4.17. The number of benzene rings is 3. The Bertz CT molecular complexity index is 1290. The molecule has 0 aliphatic heterocycles. The van der Waals surface area contributed by atoms with Crippen molar-refractivity contribution in [1.29, 1.82) is 0 Å². The van der Waals surface area contributed by atoms with E-state index >= 15 is 0 Å². The molecule has 8 nitrogen and oxygen atoms in total. The largest absolute Gasteiger partial charge is 0.497 e. The van der Waals surface area contributed by atoms with E-state index < -0.39 is 33.8 Å². The standard InChI is InChI=1S/C26H30F2N2O6S/c1-34-21-6-4-5-17(11-21)15-29-16-24(31)23(12-18-9-19(27)13-20(28)10-18)30-37(32,33)22-7-8-25(35-2)26(14-22)36-3/h4-11,13-14,23-24,29-31H,12,15-16H2,1-3H3. The molecule has 2 unspecified atom stereocenters. The molecule has 0 heterocycles. The molecule has 3 aromatic carbocycles. The quantitative estimate of drug-likeness (QED) is 0.308. The third kappa shape index (κ3) is 7.86. The molecule has 0 aromatic heterocycles. The van der Waals surface area contributed by atoms with Crippen molar-refractivity contribution in [3.05, 3.63) is 83.4 Å². The van der Waals surface area contributed by atoms with Gasteiger partial charge in [-0.05, 0) is 53.9 Å². The van der Waals surface area contributed by atoms with Crippen molar-refractivity contribution in [1.82, 2.24) is 10.0 Å². The Labute approximate surface area is 215 Å². The Hall–Kier alpha value is -3.25. The van der Waals surface area contributed by atoms with Crippen LogP contribution in [0.4, 0.5) is 8.78 Å². The lowest BCUT2D eigenvalue weighted by Gasteiger charge is -2.25. The first-order valence-corrected chi connectivity index (χ1v) is 12.8. The molecule has 0 saturated carbocycles. The van der Waals surface area contributed by atoms with Crippen molar-refractivity contribution >= 4 is 10.0 Å². The van der Waals surface area contributed by atoms with Crippen LogP contribution in [0.25, 0.3) is 0 Å². The summed E-state index contributed by atoms with van der Waals surface area (Å²) in [5, 5.41) is 14.0. The van der Waals surface area contributed by atoms with Gasteiger partial charge >= 0.3 is 0 Å². The Morgan fingerprint density at radius 3 is 2.22 bits per heavy atom. The molecule has 3 aromatic rings. The first-order valence-electron chi connectivity index (χ1n) is 11.4. The molecule has 3 N–H and O–H groups in total. The van der Waals surface area contributed by atoms with E-state index in [1.54, 1.807) is 13.2 Å². The summed E-state index contributed by atoms with van der Waals surface area (Å²) in [7, 11) is 0.190. The van der Waals surface area contributed by atoms with Gasteiger partial charge in [0.25, 0.3) is 0 Å². The van der Waals surface area contributed by atoms with Crippen LogP contribution in [0.2, 0.25) is 0 Å². The molecule has 0 aliphatic rings. The first-order chi connectivity index (χ1) is 17.6. The highest BCUT2D eigenvalue weighted by molar-refractivity contribution is 7.89. The van der Waals surface area contributed by atoms with Crippen LogP contribution in [0.3, 0.4) is 0 Å². The van der Waals surface area contributed by atoms with Crippen LogP contribution in [0, 0.1) is 11.6 Å². The molecule has 0 amide bonds. The number of ether oxygens (including phenoxy) is 3. The van der Waals surface area contributed by atoms with Crippen molar-refractivity contribution in [3.8, 4) is 17.2 Å². The van der Waals surface area contributed by atoms with Crippen molar-refractivity contribution in [2.75, 3.05) is 27.9 Å². The Morgan fingerprint density at radius 1 is 0.865 bits per heavy atom. The fraction of sp³-hybridized carbons (Fsp3) is 0.308. The van der Waals surface area contributed by atoms with Crippen LogP contribution in [-0.4, -0.2) is 53.5 Å². The number of nitrogens with one attached hydrogen (secondary N) is 2. The Morgan fingerprint density at radius 2 is 1.57 bits per heavy atom. The lowest BCUT2D eigenvalue weighted by Crippen LogP contribution is -2.48. The van der Waals surface area contributed by atoms with Crippen LogP contribution < -0.4 is 24.2 Å². The molecule has 200 valence electrons. The highest BCUT2D eigenvalue weighted by Gasteiger charge is 2.27. The highest BCUT2D eigenvalue weighted by Crippen LogP contribution is 2.29. The number of methoxy groups -OCH3 is 3. The minimum absolute atomic E-state index is 0.00583. The summed E-state index contributed by atoms with van der Waals surface area (Å²) in [5.74, 6) is -0.387. The van der Waals surface area contributed by atoms with Gasteiger partial charge in [-0.25, -0.2) is 21.9 Å². The van der Waals surface area contributed by atoms with E-state index in [4.69, 9.17) is 14.2 Å². The van der Waals surface area contributed by atoms with E-state index in [-0.39, 0.29) is 29.2 Å². The summed E-state index contributed by atoms with van der Waals surface area (Å²) < 4.78 is 72.0. The van der Waals surface area contributed by atoms with Gasteiger partial charge in [0.05, 0.1) is 38.4 Å². The lowest BCUT2D eigenvalue weighted by atomic mass is 10.0. The normalized spacial score (nSPS) is 13.1. The average molecular weight is 537 g/mol. The second-order valence-electron chi connectivity index (χ2n) is 8.28. The smallest absolute Gasteiger partial charge is 0.241 e. The molecule has 0 spiro atoms. The van der Waals surface area contributed by atoms with Gasteiger partial charge in [-0.15, -0.1) is 0 Å². The van der Waals surface area contributed by atoms with Crippen LogP contribution >= 0.6 is 0 Å². The van der Waals surface area contributed by atoms with E-state index in [1.165, 1.54) is 32.4 Å². The number of hydrogen-bond acceptors (Lipinski definition) is 7. The van der Waals surface area contributed by atoms with E-state index in [2.05, 4.69) is 10.0 Å². The molecule has 37 heavy (non-hydrogen) atoms. The second kappa shape index (κ2) is 12.8. The fourth-order valence-corrected chi connectivity index (χ4v) is 5.06. The topological polar surface area (TPSA) is 106 Å². The molecule has 11 heteroatoms. The van der Waals surface area contributed by atoms with E-state index in [0.29, 0.717) is 18.0 Å². The van der Waals surface area contributed by atoms with Crippen LogP contribution in [0.5, 0.6) is 17.2 Å². The Kier molecular flexibility index (Phi) is 9.81. The summed E-state index contributed by atoms with van der Waals surface area (Å²) in [6.07, 6.45) is -1.41. The molecule has 0 saturated heterocycles. The molecular weight excluding hydrogens is 506 g/mol. The second-order valence-corrected chi connectivity index (χ2v) is 9.99. The third-order valence-electron chi connectivity index (χ3n) is 5.63. The van der Waals surface area contributed by atoms with Gasteiger partial charge in [-0.3, -0.25) is 0 Å². The predicted molar refractivity (Wildman–Crippen MR) is 134 cm³/mol. The lowest BCUT2D eigenvalue weighted by molar-refractivity contribution is 0.134. The molecule has 0 aliphatic carbocycles. The number of aliphatic hydroxyl groups excluding tert-OH is 1. The van der Waals surface area contributed by atoms with Gasteiger partial charge < -0.3 is 24.6 Å². The van der Waals surface area contributed by atoms with Crippen molar-refractivity contribution in [2.45, 2.75) is 30.0 Å². The van der Waals surface area contributed by atoms with E-state index in [1.807, 2.05) is 18.2 Å². The Balaban J connectivity index is 1.81. The van der Waals surface area contributed by atoms with E-state index in [9.17, 15) is 22.3 Å². The first kappa shape index (κ1) is 28.3. The van der Waals surface area contributed by atoms with Crippen molar-refractivity contribution in [3.63, 3.8) is 0 Å². The van der Waals surface area contributed by atoms with Crippen LogP contribution in [-0.2, 0) is 23.0 Å². The molecule has 3 rings (SSSR count). The molecule has 0 radical (unpaired) electrons. The maximum atomic E-state index is 13.8. The van der Waals surface area contributed by atoms with Crippen molar-refractivity contribution < 1.29 is 36.5 Å². The van der Waals surface area contributed by atoms with Crippen molar-refractivity contribution in [2.24, 2.45) is 0 Å². The van der Waals surface area contributed by atoms with Crippen LogP contribution in [0.1, 0.15) is 11.1 Å². The zero-order valence-electron chi connectivity index (χ0n) is 20.7. The zero-order valence-corrected chi connectivity index (χ0v) is 21.5. The van der Waals surface area contributed by atoms with Gasteiger partial charge in [-0.2, -0.15) is 0 Å². The average Bonchev–Trinajstić information content (AvgIpc) is 2.87. The van der Waals surface area contributed by atoms with Gasteiger partial charge in [0.1, 0.15) is 17.4 Å². The maximum Gasteiger partial charge on any atom is 0.241 e. The summed E-state index contributed by atoms with van der Waals surface area (Å²) in [6, 6.07) is 13.2. The minimum Gasteiger partial charge on any atom is -0.497 e. The molecule has 0 bridgehead atoms. The van der Waals surface area contributed by atoms with E-state index in [0.717, 1.165) is 23.8 Å². The van der Waals surface area contributed by atoms with Gasteiger partial charge in [-0.1, -0.05) is 12.1 Å². The van der Waals surface area contributed by atoms with Gasteiger partial charge in [0, 0.05) is 25.2 Å². The summed E-state index contributed by atoms with van der Waals surface area (Å²) in [4.78, 5) is -0.128. The monoisotopic (exact) mass is 536 g/mol. The number of sulfonamides is 1. The SMILES string of the molecule is COc1cccc(CNCC(O)C(Cc2cc(F)cc(F)c2)NS(=O)(=O)c2ccc(OC)c(OC)c2)c1. The number of aliphatic hydroxyl groups is 1. The summed E-state index contributed by atoms with van der Waals surface area (Å²) >= 11 is 0. The third-order valence-corrected chi connectivity index (χ3v) is 7.12. The van der Waals surface area contributed by atoms with Gasteiger partial charge in [0.15, 0.2) is 11.5 Å². The molecular formula is C26H30F2N2O6S. The maximum absolute atomic E-state index is 13.8. The number of hydrogen-bond donors (Lipinski definition) is 3. The van der Waals surface area contributed by atoms with Crippen LogP contribution in [0.15, 0.2) is 65.6 Å². The molecule has 0 fully saturated rings. The number of halogens is 2. The predicted octanol–water partition coefficient (Wildman–Crippen LogP) is 3.03. The highest BCUT2D eigenvalue weighted by atomic mass is 32.2. The summed E-state index contributed by atoms with van der Waals surface area (Å²) in [5.41, 5.74) is 1.07. The molecule has 2 atom stereocenters. The number of rotatable bonds is 13. The van der Waals surface area contributed by atoms with Gasteiger partial charge in [0.2, 0.25) is 10.0 Å². The zero-order chi connectivity index (χ0) is 27.0.